The topological polar surface area (TPSA) is 25.8 Å². The van der Waals surface area contributed by atoms with Crippen LogP contribution in [0.2, 0.25) is 5.15 Å². The van der Waals surface area contributed by atoms with Crippen LogP contribution in [0.25, 0.3) is 0 Å². The van der Waals surface area contributed by atoms with Gasteiger partial charge in [-0.3, -0.25) is 4.98 Å². The molecule has 0 aliphatic heterocycles. The molecule has 2 aromatic rings. The van der Waals surface area contributed by atoms with Gasteiger partial charge in [-0.05, 0) is 56.2 Å². The average Bonchev–Trinajstić information content (AvgIpc) is 2.17. The van der Waals surface area contributed by atoms with Gasteiger partial charge < -0.3 is 0 Å². The van der Waals surface area contributed by atoms with E-state index in [0.29, 0.717) is 5.15 Å². The lowest BCUT2D eigenvalue weighted by molar-refractivity contribution is 1.18. The molecule has 0 atom stereocenters. The number of nitrogens with zero attached hydrogens (tertiary/aromatic N) is 2. The molecule has 3 heteroatoms. The van der Waals surface area contributed by atoms with Crippen molar-refractivity contribution in [3.63, 3.8) is 0 Å². The minimum absolute atomic E-state index is 0.560. The molecule has 0 aliphatic carbocycles. The van der Waals surface area contributed by atoms with Crippen LogP contribution in [-0.2, 0) is 0 Å². The Morgan fingerprint density at radius 2 is 1.44 bits per heavy atom. The summed E-state index contributed by atoms with van der Waals surface area (Å²) in [6.07, 6.45) is 3.52. The van der Waals surface area contributed by atoms with Crippen molar-refractivity contribution in [1.29, 1.82) is 0 Å². The monoisotopic (exact) mass is 234 g/mol. The highest BCUT2D eigenvalue weighted by Crippen LogP contribution is 2.04. The zero-order chi connectivity index (χ0) is 12.0. The van der Waals surface area contributed by atoms with E-state index in [-0.39, 0.29) is 0 Å². The van der Waals surface area contributed by atoms with Crippen molar-refractivity contribution in [2.45, 2.75) is 20.8 Å². The molecule has 2 heterocycles. The van der Waals surface area contributed by atoms with Crippen molar-refractivity contribution in [3.8, 4) is 0 Å². The maximum atomic E-state index is 5.53. The molecule has 2 rings (SSSR count). The van der Waals surface area contributed by atoms with E-state index < -0.39 is 0 Å². The average molecular weight is 235 g/mol. The third kappa shape index (κ3) is 4.89. The molecule has 0 fully saturated rings. The molecule has 0 unspecified atom stereocenters. The van der Waals surface area contributed by atoms with Crippen LogP contribution in [0.15, 0.2) is 36.7 Å². The van der Waals surface area contributed by atoms with E-state index in [2.05, 4.69) is 23.0 Å². The van der Waals surface area contributed by atoms with Gasteiger partial charge >= 0.3 is 0 Å². The minimum atomic E-state index is 0.560. The third-order valence-corrected chi connectivity index (χ3v) is 2.14. The van der Waals surface area contributed by atoms with Crippen LogP contribution in [0.4, 0.5) is 0 Å². The van der Waals surface area contributed by atoms with Gasteiger partial charge in [0.2, 0.25) is 0 Å². The molecule has 0 amide bonds. The fourth-order valence-electron chi connectivity index (χ4n) is 1.19. The Morgan fingerprint density at radius 1 is 0.875 bits per heavy atom. The first kappa shape index (κ1) is 12.7. The summed E-state index contributed by atoms with van der Waals surface area (Å²) >= 11 is 5.53. The summed E-state index contributed by atoms with van der Waals surface area (Å²) < 4.78 is 0. The third-order valence-electron chi connectivity index (χ3n) is 1.93. The number of rotatable bonds is 0. The van der Waals surface area contributed by atoms with Crippen LogP contribution in [-0.4, -0.2) is 9.97 Å². The Morgan fingerprint density at radius 3 is 1.75 bits per heavy atom. The van der Waals surface area contributed by atoms with E-state index in [1.807, 2.05) is 38.2 Å². The lowest BCUT2D eigenvalue weighted by Gasteiger charge is -1.90. The SMILES string of the molecule is Cc1ccnc(C)c1.Cc1ccnc(Cl)c1. The van der Waals surface area contributed by atoms with Gasteiger partial charge in [0.05, 0.1) is 0 Å². The molecule has 0 spiro atoms. The maximum Gasteiger partial charge on any atom is 0.129 e. The molecule has 2 nitrogen and oxygen atoms in total. The first-order valence-corrected chi connectivity index (χ1v) is 5.43. The molecule has 0 bridgehead atoms. The number of halogens is 1. The molecule has 0 saturated carbocycles. The van der Waals surface area contributed by atoms with E-state index in [0.717, 1.165) is 11.3 Å². The van der Waals surface area contributed by atoms with Gasteiger partial charge in [0.15, 0.2) is 0 Å². The van der Waals surface area contributed by atoms with Gasteiger partial charge in [-0.15, -0.1) is 0 Å². The summed E-state index contributed by atoms with van der Waals surface area (Å²) in [5.74, 6) is 0. The van der Waals surface area contributed by atoms with Gasteiger partial charge in [0.1, 0.15) is 5.15 Å². The minimum Gasteiger partial charge on any atom is -0.262 e. The molecule has 0 aliphatic rings. The number of aromatic nitrogens is 2. The molecule has 0 saturated heterocycles. The number of aryl methyl sites for hydroxylation is 3. The Balaban J connectivity index is 0.000000160. The zero-order valence-electron chi connectivity index (χ0n) is 9.74. The van der Waals surface area contributed by atoms with E-state index in [1.165, 1.54) is 5.56 Å². The molecular weight excluding hydrogens is 220 g/mol. The standard InChI is InChI=1S/C7H9N.C6H6ClN/c1-6-3-4-8-7(2)5-6;1-5-2-3-8-6(7)4-5/h3-5H,1-2H3;2-4H,1H3. The summed E-state index contributed by atoms with van der Waals surface area (Å²) in [6, 6.07) is 7.78. The van der Waals surface area contributed by atoms with E-state index in [4.69, 9.17) is 11.6 Å². The van der Waals surface area contributed by atoms with Crippen molar-refractivity contribution in [3.05, 3.63) is 58.6 Å². The molecule has 0 N–H and O–H groups in total. The summed E-state index contributed by atoms with van der Waals surface area (Å²) in [6.45, 7) is 6.04. The molecule has 84 valence electrons. The Hall–Kier alpha value is -1.41. The molecular formula is C13H15ClN2. The summed E-state index contributed by atoms with van der Waals surface area (Å²) in [4.78, 5) is 7.85. The number of hydrogen-bond donors (Lipinski definition) is 0. The molecule has 16 heavy (non-hydrogen) atoms. The summed E-state index contributed by atoms with van der Waals surface area (Å²) in [5, 5.41) is 0.560. The highest BCUT2D eigenvalue weighted by molar-refractivity contribution is 6.29. The molecule has 0 aromatic carbocycles. The van der Waals surface area contributed by atoms with Crippen molar-refractivity contribution in [1.82, 2.24) is 9.97 Å². The van der Waals surface area contributed by atoms with Crippen LogP contribution < -0.4 is 0 Å². The second-order valence-corrected chi connectivity index (χ2v) is 4.02. The van der Waals surface area contributed by atoms with E-state index in [9.17, 15) is 0 Å². The second kappa shape index (κ2) is 6.23. The highest BCUT2D eigenvalue weighted by Gasteiger charge is 1.84. The van der Waals surface area contributed by atoms with Gasteiger partial charge in [-0.2, -0.15) is 0 Å². The first-order valence-electron chi connectivity index (χ1n) is 5.05. The smallest absolute Gasteiger partial charge is 0.129 e. The Bertz CT molecular complexity index is 377. The van der Waals surface area contributed by atoms with Gasteiger partial charge in [0.25, 0.3) is 0 Å². The predicted molar refractivity (Wildman–Crippen MR) is 67.7 cm³/mol. The largest absolute Gasteiger partial charge is 0.262 e. The van der Waals surface area contributed by atoms with E-state index >= 15 is 0 Å². The fourth-order valence-corrected chi connectivity index (χ4v) is 1.42. The lowest BCUT2D eigenvalue weighted by Crippen LogP contribution is -1.78. The lowest BCUT2D eigenvalue weighted by atomic mass is 10.3. The van der Waals surface area contributed by atoms with Crippen LogP contribution >= 0.6 is 11.6 Å². The van der Waals surface area contributed by atoms with Crippen LogP contribution in [0, 0.1) is 20.8 Å². The van der Waals surface area contributed by atoms with Crippen molar-refractivity contribution in [2.75, 3.05) is 0 Å². The fraction of sp³-hybridized carbons (Fsp3) is 0.231. The van der Waals surface area contributed by atoms with Gasteiger partial charge in [-0.25, -0.2) is 4.98 Å². The van der Waals surface area contributed by atoms with Crippen LogP contribution in [0.1, 0.15) is 16.8 Å². The van der Waals surface area contributed by atoms with Crippen molar-refractivity contribution >= 4 is 11.6 Å². The second-order valence-electron chi connectivity index (χ2n) is 3.63. The first-order chi connectivity index (χ1) is 7.58. The molecule has 0 radical (unpaired) electrons. The predicted octanol–water partition coefficient (Wildman–Crippen LogP) is 3.74. The number of hydrogen-bond acceptors (Lipinski definition) is 2. The maximum absolute atomic E-state index is 5.53. The van der Waals surface area contributed by atoms with Crippen LogP contribution in [0.5, 0.6) is 0 Å². The van der Waals surface area contributed by atoms with Crippen molar-refractivity contribution in [2.24, 2.45) is 0 Å². The summed E-state index contributed by atoms with van der Waals surface area (Å²) in [7, 11) is 0. The zero-order valence-corrected chi connectivity index (χ0v) is 10.5. The highest BCUT2D eigenvalue weighted by atomic mass is 35.5. The normalized spacial score (nSPS) is 9.25. The molecule has 2 aromatic heterocycles. The van der Waals surface area contributed by atoms with Crippen LogP contribution in [0.3, 0.4) is 0 Å². The van der Waals surface area contributed by atoms with Gasteiger partial charge in [-0.1, -0.05) is 11.6 Å². The Kier molecular flexibility index (Phi) is 4.93. The Labute approximate surface area is 101 Å². The van der Waals surface area contributed by atoms with Gasteiger partial charge in [0, 0.05) is 18.1 Å². The van der Waals surface area contributed by atoms with Crippen molar-refractivity contribution < 1.29 is 0 Å². The van der Waals surface area contributed by atoms with E-state index in [1.54, 1.807) is 6.20 Å². The number of pyridine rings is 2. The quantitative estimate of drug-likeness (QED) is 0.649. The summed E-state index contributed by atoms with van der Waals surface area (Å²) in [5.41, 5.74) is 3.51.